The molecule has 0 saturated carbocycles. The average Bonchev–Trinajstić information content (AvgIpc) is 2.89. The van der Waals surface area contributed by atoms with Crippen LogP contribution in [0.25, 0.3) is 0 Å². The second kappa shape index (κ2) is 7.45. The summed E-state index contributed by atoms with van der Waals surface area (Å²) in [5.74, 6) is -0.110. The van der Waals surface area contributed by atoms with Crippen LogP contribution in [0.15, 0.2) is 12.5 Å². The molecule has 1 atom stereocenters. The molecule has 2 heterocycles. The molecule has 6 heteroatoms. The largest absolute Gasteiger partial charge is 0.349 e. The van der Waals surface area contributed by atoms with E-state index in [0.717, 1.165) is 25.0 Å². The summed E-state index contributed by atoms with van der Waals surface area (Å²) in [7, 11) is 0. The predicted molar refractivity (Wildman–Crippen MR) is 67.3 cm³/mol. The lowest BCUT2D eigenvalue weighted by Crippen LogP contribution is -2.45. The van der Waals surface area contributed by atoms with Crippen LogP contribution in [0.2, 0.25) is 0 Å². The van der Waals surface area contributed by atoms with E-state index in [9.17, 15) is 4.79 Å². The lowest BCUT2D eigenvalue weighted by molar-refractivity contribution is -0.132. The molecular weight excluding hydrogens is 230 g/mol. The molecule has 98 valence electrons. The first kappa shape index (κ1) is 14.2. The molecule has 0 aliphatic carbocycles. The zero-order valence-corrected chi connectivity index (χ0v) is 10.6. The van der Waals surface area contributed by atoms with Gasteiger partial charge in [-0.15, -0.1) is 0 Å². The summed E-state index contributed by atoms with van der Waals surface area (Å²) in [6, 6.07) is 1.88. The number of hydrogen-bond acceptors (Lipinski definition) is 4. The number of hydrogen-bond donors (Lipinski definition) is 2. The highest BCUT2D eigenvalue weighted by atomic mass is 16.2. The third-order valence-electron chi connectivity index (χ3n) is 2.78. The molecule has 1 aliphatic heterocycles. The van der Waals surface area contributed by atoms with Gasteiger partial charge in [0.25, 0.3) is 0 Å². The quantitative estimate of drug-likeness (QED) is 0.760. The molecule has 2 rings (SSSR count). The predicted octanol–water partition coefficient (Wildman–Crippen LogP) is 0.568. The number of aromatic nitrogens is 2. The van der Waals surface area contributed by atoms with Crippen LogP contribution in [-0.2, 0) is 4.79 Å². The van der Waals surface area contributed by atoms with Crippen molar-refractivity contribution < 1.29 is 4.79 Å². The number of carbonyl (C=O) groups is 1. The molecular formula is C12H19N5O. The minimum absolute atomic E-state index is 0.0121. The van der Waals surface area contributed by atoms with Gasteiger partial charge in [-0.25, -0.2) is 4.98 Å². The zero-order valence-electron chi connectivity index (χ0n) is 10.6. The van der Waals surface area contributed by atoms with Crippen molar-refractivity contribution in [2.45, 2.75) is 32.2 Å². The Morgan fingerprint density at radius 2 is 2.50 bits per heavy atom. The van der Waals surface area contributed by atoms with Crippen LogP contribution in [0.5, 0.6) is 0 Å². The average molecular weight is 249 g/mol. The van der Waals surface area contributed by atoms with Crippen molar-refractivity contribution in [3.63, 3.8) is 0 Å². The van der Waals surface area contributed by atoms with Crippen LogP contribution >= 0.6 is 0 Å². The maximum Gasteiger partial charge on any atom is 0.237 e. The number of nitrogens with two attached hydrogens (primary N) is 1. The third kappa shape index (κ3) is 4.18. The van der Waals surface area contributed by atoms with Crippen LogP contribution in [0, 0.1) is 18.3 Å². The van der Waals surface area contributed by atoms with Gasteiger partial charge in [0.15, 0.2) is 0 Å². The molecule has 0 radical (unpaired) electrons. The second-order valence-electron chi connectivity index (χ2n) is 4.17. The maximum atomic E-state index is 11.2. The second-order valence-corrected chi connectivity index (χ2v) is 4.17. The van der Waals surface area contributed by atoms with Gasteiger partial charge in [-0.1, -0.05) is 0 Å². The van der Waals surface area contributed by atoms with Crippen LogP contribution < -0.4 is 5.73 Å². The molecule has 1 unspecified atom stereocenters. The van der Waals surface area contributed by atoms with Crippen molar-refractivity contribution in [1.82, 2.24) is 14.9 Å². The molecule has 1 fully saturated rings. The van der Waals surface area contributed by atoms with Gasteiger partial charge >= 0.3 is 0 Å². The number of amides is 1. The number of carbonyl (C=O) groups excluding carboxylic acids is 1. The van der Waals surface area contributed by atoms with Gasteiger partial charge in [-0.05, 0) is 26.2 Å². The van der Waals surface area contributed by atoms with Gasteiger partial charge in [0.1, 0.15) is 6.04 Å². The highest BCUT2D eigenvalue weighted by Crippen LogP contribution is 2.15. The SMILES string of the molecule is Cc1cnc[nH]1.N#CC1CCCCN1C(=O)CN. The standard InChI is InChI=1S/C8H13N3O.C4H6N2/c9-5-7-3-1-2-4-11(7)8(12)6-10;1-4-2-5-3-6-4/h7H,1-4,6,10H2;2-3H,1H3,(H,5,6). The van der Waals surface area contributed by atoms with E-state index in [-0.39, 0.29) is 18.5 Å². The smallest absolute Gasteiger partial charge is 0.237 e. The van der Waals surface area contributed by atoms with Crippen molar-refractivity contribution >= 4 is 5.91 Å². The Labute approximate surface area is 107 Å². The van der Waals surface area contributed by atoms with E-state index in [1.54, 1.807) is 17.4 Å². The molecule has 1 aromatic rings. The Bertz CT molecular complexity index is 395. The minimum Gasteiger partial charge on any atom is -0.349 e. The van der Waals surface area contributed by atoms with Crippen molar-refractivity contribution in [2.24, 2.45) is 5.73 Å². The fraction of sp³-hybridized carbons (Fsp3) is 0.583. The maximum absolute atomic E-state index is 11.2. The van der Waals surface area contributed by atoms with Gasteiger partial charge in [0.05, 0.1) is 18.9 Å². The molecule has 0 bridgehead atoms. The number of rotatable bonds is 1. The Kier molecular flexibility index (Phi) is 5.88. The molecule has 1 aliphatic rings. The van der Waals surface area contributed by atoms with E-state index in [2.05, 4.69) is 16.0 Å². The number of nitrogens with one attached hydrogen (secondary N) is 1. The van der Waals surface area contributed by atoms with E-state index in [4.69, 9.17) is 11.0 Å². The molecule has 0 aromatic carbocycles. The lowest BCUT2D eigenvalue weighted by atomic mass is 10.0. The third-order valence-corrected chi connectivity index (χ3v) is 2.78. The van der Waals surface area contributed by atoms with Crippen LogP contribution in [0.1, 0.15) is 25.0 Å². The summed E-state index contributed by atoms with van der Waals surface area (Å²) in [5, 5.41) is 8.72. The van der Waals surface area contributed by atoms with Crippen LogP contribution in [-0.4, -0.2) is 39.9 Å². The number of aryl methyl sites for hydroxylation is 1. The first-order chi connectivity index (χ1) is 8.69. The fourth-order valence-corrected chi connectivity index (χ4v) is 1.81. The molecule has 1 amide bonds. The van der Waals surface area contributed by atoms with Crippen molar-refractivity contribution in [1.29, 1.82) is 5.26 Å². The van der Waals surface area contributed by atoms with E-state index >= 15 is 0 Å². The molecule has 0 spiro atoms. The Morgan fingerprint density at radius 3 is 2.94 bits per heavy atom. The number of piperidine rings is 1. The van der Waals surface area contributed by atoms with Crippen molar-refractivity contribution in [2.75, 3.05) is 13.1 Å². The number of likely N-dealkylation sites (tertiary alicyclic amines) is 1. The summed E-state index contributed by atoms with van der Waals surface area (Å²) in [4.78, 5) is 19.4. The number of aromatic amines is 1. The molecule has 1 aromatic heterocycles. The summed E-state index contributed by atoms with van der Waals surface area (Å²) in [5.41, 5.74) is 6.33. The Morgan fingerprint density at radius 1 is 1.72 bits per heavy atom. The van der Waals surface area contributed by atoms with E-state index in [1.165, 1.54) is 0 Å². The first-order valence-corrected chi connectivity index (χ1v) is 6.03. The van der Waals surface area contributed by atoms with Gasteiger partial charge in [-0.3, -0.25) is 4.79 Å². The van der Waals surface area contributed by atoms with Gasteiger partial charge in [-0.2, -0.15) is 5.26 Å². The minimum atomic E-state index is -0.241. The monoisotopic (exact) mass is 249 g/mol. The highest BCUT2D eigenvalue weighted by molar-refractivity contribution is 5.78. The normalized spacial score (nSPS) is 18.5. The van der Waals surface area contributed by atoms with E-state index in [1.807, 2.05) is 6.92 Å². The van der Waals surface area contributed by atoms with Crippen molar-refractivity contribution in [3.8, 4) is 6.07 Å². The highest BCUT2D eigenvalue weighted by Gasteiger charge is 2.24. The van der Waals surface area contributed by atoms with E-state index in [0.29, 0.717) is 6.54 Å². The first-order valence-electron chi connectivity index (χ1n) is 6.03. The van der Waals surface area contributed by atoms with Crippen LogP contribution in [0.3, 0.4) is 0 Å². The van der Waals surface area contributed by atoms with Crippen molar-refractivity contribution in [3.05, 3.63) is 18.2 Å². The number of imidazole rings is 1. The topological polar surface area (TPSA) is 98.8 Å². The lowest BCUT2D eigenvalue weighted by Gasteiger charge is -2.30. The summed E-state index contributed by atoms with van der Waals surface area (Å²) < 4.78 is 0. The number of nitriles is 1. The Hall–Kier alpha value is -1.87. The van der Waals surface area contributed by atoms with Crippen LogP contribution in [0.4, 0.5) is 0 Å². The summed E-state index contributed by atoms with van der Waals surface area (Å²) in [6.07, 6.45) is 6.26. The van der Waals surface area contributed by atoms with Gasteiger partial charge < -0.3 is 15.6 Å². The fourth-order valence-electron chi connectivity index (χ4n) is 1.81. The zero-order chi connectivity index (χ0) is 13.4. The van der Waals surface area contributed by atoms with E-state index < -0.39 is 0 Å². The summed E-state index contributed by atoms with van der Waals surface area (Å²) >= 11 is 0. The molecule has 18 heavy (non-hydrogen) atoms. The molecule has 6 nitrogen and oxygen atoms in total. The molecule has 1 saturated heterocycles. The Balaban J connectivity index is 0.000000225. The number of H-pyrrole nitrogens is 1. The molecule has 3 N–H and O–H groups in total. The number of nitrogens with zero attached hydrogens (tertiary/aromatic N) is 3. The van der Waals surface area contributed by atoms with Gasteiger partial charge in [0.2, 0.25) is 5.91 Å². The van der Waals surface area contributed by atoms with Gasteiger partial charge in [0, 0.05) is 18.4 Å². The summed E-state index contributed by atoms with van der Waals surface area (Å²) in [6.45, 7) is 2.67.